The highest BCUT2D eigenvalue weighted by atomic mass is 79.9. The van der Waals surface area contributed by atoms with Gasteiger partial charge >= 0.3 is 0 Å². The molecule has 3 heteroatoms. The van der Waals surface area contributed by atoms with Crippen molar-refractivity contribution in [1.29, 1.82) is 0 Å². The summed E-state index contributed by atoms with van der Waals surface area (Å²) in [6, 6.07) is 2.02. The number of rotatable bonds is 2. The van der Waals surface area contributed by atoms with Crippen LogP contribution in [0.4, 0.5) is 0 Å². The lowest BCUT2D eigenvalue weighted by atomic mass is 9.93. The molecule has 70 valence electrons. The van der Waals surface area contributed by atoms with Gasteiger partial charge in [-0.25, -0.2) is 0 Å². The molecule has 0 amide bonds. The number of methoxy groups -OCH3 is 1. The Bertz CT molecular complexity index is 346. The largest absolute Gasteiger partial charge is 0.486 e. The lowest BCUT2D eigenvalue weighted by Crippen LogP contribution is -2.11. The van der Waals surface area contributed by atoms with E-state index < -0.39 is 0 Å². The van der Waals surface area contributed by atoms with Crippen molar-refractivity contribution in [3.8, 4) is 17.4 Å². The maximum atomic E-state index is 5.44. The van der Waals surface area contributed by atoms with Crippen molar-refractivity contribution in [3.05, 3.63) is 15.4 Å². The van der Waals surface area contributed by atoms with E-state index in [2.05, 4.69) is 21.9 Å². The van der Waals surface area contributed by atoms with Crippen LogP contribution in [-0.2, 0) is 5.41 Å². The third-order valence-electron chi connectivity index (χ3n) is 1.82. The number of ether oxygens (including phenoxy) is 1. The van der Waals surface area contributed by atoms with E-state index in [1.807, 2.05) is 19.9 Å². The van der Waals surface area contributed by atoms with Gasteiger partial charge in [-0.1, -0.05) is 5.92 Å². The van der Waals surface area contributed by atoms with Crippen LogP contribution in [0, 0.1) is 12.3 Å². The zero-order valence-electron chi connectivity index (χ0n) is 7.85. The molecule has 1 aromatic rings. The Labute approximate surface area is 91.2 Å². The zero-order valence-corrected chi connectivity index (χ0v) is 10.3. The number of thiophene rings is 1. The van der Waals surface area contributed by atoms with Gasteiger partial charge in [0, 0.05) is 4.88 Å². The summed E-state index contributed by atoms with van der Waals surface area (Å²) in [5, 5.41) is 0.873. The smallest absolute Gasteiger partial charge is 0.188 e. The third-order valence-corrected chi connectivity index (χ3v) is 4.09. The quantitative estimate of drug-likeness (QED) is 0.739. The molecule has 1 heterocycles. The van der Waals surface area contributed by atoms with Gasteiger partial charge in [0.25, 0.3) is 0 Å². The molecular formula is C10H11BrOS. The SMILES string of the molecule is C#CC(C)(C)c1cc(Br)c(OC)s1. The Morgan fingerprint density at radius 2 is 2.23 bits per heavy atom. The molecule has 0 unspecified atom stereocenters. The molecular weight excluding hydrogens is 248 g/mol. The maximum absolute atomic E-state index is 5.44. The van der Waals surface area contributed by atoms with E-state index in [-0.39, 0.29) is 5.41 Å². The Kier molecular flexibility index (Phi) is 3.05. The Balaban J connectivity index is 3.12. The van der Waals surface area contributed by atoms with Crippen molar-refractivity contribution in [1.82, 2.24) is 0 Å². The van der Waals surface area contributed by atoms with Crippen LogP contribution in [-0.4, -0.2) is 7.11 Å². The van der Waals surface area contributed by atoms with E-state index >= 15 is 0 Å². The molecule has 0 atom stereocenters. The molecule has 0 aromatic carbocycles. The fourth-order valence-electron chi connectivity index (χ4n) is 0.870. The first-order valence-corrected chi connectivity index (χ1v) is 5.44. The fraction of sp³-hybridized carbons (Fsp3) is 0.400. The first-order valence-electron chi connectivity index (χ1n) is 3.83. The molecule has 1 rings (SSSR count). The van der Waals surface area contributed by atoms with Gasteiger partial charge in [-0.05, 0) is 35.8 Å². The molecule has 1 nitrogen and oxygen atoms in total. The van der Waals surface area contributed by atoms with Crippen molar-refractivity contribution >= 4 is 27.3 Å². The molecule has 0 aliphatic rings. The van der Waals surface area contributed by atoms with Crippen LogP contribution < -0.4 is 4.74 Å². The molecule has 0 N–H and O–H groups in total. The topological polar surface area (TPSA) is 9.23 Å². The van der Waals surface area contributed by atoms with Gasteiger partial charge < -0.3 is 4.74 Å². The normalized spacial score (nSPS) is 11.0. The minimum absolute atomic E-state index is 0.218. The molecule has 0 fully saturated rings. The van der Waals surface area contributed by atoms with Crippen molar-refractivity contribution in [2.45, 2.75) is 19.3 Å². The summed E-state index contributed by atoms with van der Waals surface area (Å²) in [6.45, 7) is 4.04. The molecule has 0 radical (unpaired) electrons. The lowest BCUT2D eigenvalue weighted by molar-refractivity contribution is 0.425. The summed E-state index contributed by atoms with van der Waals surface area (Å²) in [5.41, 5.74) is -0.218. The van der Waals surface area contributed by atoms with Gasteiger partial charge in [-0.2, -0.15) is 0 Å². The highest BCUT2D eigenvalue weighted by Crippen LogP contribution is 2.40. The standard InChI is InChI=1S/C10H11BrOS/c1-5-10(2,3)8-6-7(11)9(12-4)13-8/h1,6H,2-4H3. The molecule has 0 aliphatic heterocycles. The minimum atomic E-state index is -0.218. The fourth-order valence-corrected chi connectivity index (χ4v) is 2.59. The average Bonchev–Trinajstić information content (AvgIpc) is 2.47. The van der Waals surface area contributed by atoms with E-state index in [9.17, 15) is 0 Å². The van der Waals surface area contributed by atoms with Gasteiger partial charge in [0.05, 0.1) is 17.0 Å². The van der Waals surface area contributed by atoms with E-state index in [0.29, 0.717) is 0 Å². The monoisotopic (exact) mass is 258 g/mol. The second-order valence-electron chi connectivity index (χ2n) is 3.22. The molecule has 1 aromatic heterocycles. The first-order chi connectivity index (χ1) is 6.01. The van der Waals surface area contributed by atoms with Gasteiger partial charge in [-0.15, -0.1) is 17.8 Å². The highest BCUT2D eigenvalue weighted by molar-refractivity contribution is 9.10. The Hall–Kier alpha value is -0.460. The van der Waals surface area contributed by atoms with Crippen molar-refractivity contribution < 1.29 is 4.74 Å². The Morgan fingerprint density at radius 1 is 1.62 bits per heavy atom. The van der Waals surface area contributed by atoms with Crippen LogP contribution in [0.1, 0.15) is 18.7 Å². The van der Waals surface area contributed by atoms with Gasteiger partial charge in [0.15, 0.2) is 5.06 Å². The van der Waals surface area contributed by atoms with Crippen LogP contribution >= 0.6 is 27.3 Å². The second kappa shape index (κ2) is 3.73. The number of halogens is 1. The molecule has 0 spiro atoms. The van der Waals surface area contributed by atoms with Crippen LogP contribution in [0.3, 0.4) is 0 Å². The third kappa shape index (κ3) is 2.07. The zero-order chi connectivity index (χ0) is 10.1. The second-order valence-corrected chi connectivity index (χ2v) is 5.09. The molecule has 0 bridgehead atoms. The summed E-state index contributed by atoms with van der Waals surface area (Å²) in [5.74, 6) is 2.76. The van der Waals surface area contributed by atoms with Crippen LogP contribution in [0.2, 0.25) is 0 Å². The summed E-state index contributed by atoms with van der Waals surface area (Å²) in [6.07, 6.45) is 5.44. The Morgan fingerprint density at radius 3 is 2.62 bits per heavy atom. The highest BCUT2D eigenvalue weighted by Gasteiger charge is 2.21. The molecule has 0 saturated carbocycles. The average molecular weight is 259 g/mol. The summed E-state index contributed by atoms with van der Waals surface area (Å²) >= 11 is 5.00. The lowest BCUT2D eigenvalue weighted by Gasteiger charge is -2.13. The van der Waals surface area contributed by atoms with Crippen LogP contribution in [0.25, 0.3) is 0 Å². The number of terminal acetylenes is 1. The first kappa shape index (κ1) is 10.6. The predicted octanol–water partition coefficient (Wildman–Crippen LogP) is 3.43. The van der Waals surface area contributed by atoms with Gasteiger partial charge in [0.2, 0.25) is 0 Å². The number of hydrogen-bond acceptors (Lipinski definition) is 2. The molecule has 13 heavy (non-hydrogen) atoms. The summed E-state index contributed by atoms with van der Waals surface area (Å²) in [7, 11) is 1.66. The van der Waals surface area contributed by atoms with E-state index in [0.717, 1.165) is 14.4 Å². The van der Waals surface area contributed by atoms with Crippen LogP contribution in [0.5, 0.6) is 5.06 Å². The minimum Gasteiger partial charge on any atom is -0.486 e. The van der Waals surface area contributed by atoms with Gasteiger partial charge in [0.1, 0.15) is 0 Å². The summed E-state index contributed by atoms with van der Waals surface area (Å²) < 4.78 is 6.14. The van der Waals surface area contributed by atoms with Crippen molar-refractivity contribution in [3.63, 3.8) is 0 Å². The predicted molar refractivity (Wildman–Crippen MR) is 60.4 cm³/mol. The number of hydrogen-bond donors (Lipinski definition) is 0. The summed E-state index contributed by atoms with van der Waals surface area (Å²) in [4.78, 5) is 1.14. The van der Waals surface area contributed by atoms with Crippen LogP contribution in [0.15, 0.2) is 10.5 Å². The molecule has 0 aliphatic carbocycles. The van der Waals surface area contributed by atoms with E-state index in [1.54, 1.807) is 18.4 Å². The van der Waals surface area contributed by atoms with Crippen molar-refractivity contribution in [2.24, 2.45) is 0 Å². The maximum Gasteiger partial charge on any atom is 0.188 e. The van der Waals surface area contributed by atoms with E-state index in [1.165, 1.54) is 0 Å². The molecule has 0 saturated heterocycles. The van der Waals surface area contributed by atoms with E-state index in [4.69, 9.17) is 11.2 Å². The van der Waals surface area contributed by atoms with Crippen molar-refractivity contribution in [2.75, 3.05) is 7.11 Å². The van der Waals surface area contributed by atoms with Gasteiger partial charge in [-0.3, -0.25) is 0 Å².